The van der Waals surface area contributed by atoms with E-state index in [1.54, 1.807) is 78.9 Å². The number of benzene rings is 3. The topological polar surface area (TPSA) is 115 Å². The second kappa shape index (κ2) is 10.4. The van der Waals surface area contributed by atoms with E-state index in [1.165, 1.54) is 0 Å². The summed E-state index contributed by atoms with van der Waals surface area (Å²) in [5, 5.41) is 33.3. The average molecular weight is 466 g/mol. The molecular weight excluding hydrogens is 440 g/mol. The van der Waals surface area contributed by atoms with E-state index in [-0.39, 0.29) is 19.8 Å². The Morgan fingerprint density at radius 2 is 1.18 bits per heavy atom. The summed E-state index contributed by atoms with van der Waals surface area (Å²) in [6, 6.07) is 26.6. The van der Waals surface area contributed by atoms with Crippen LogP contribution in [0.15, 0.2) is 91.0 Å². The molecule has 1 saturated heterocycles. The molecule has 178 valence electrons. The van der Waals surface area contributed by atoms with Crippen LogP contribution in [0.4, 0.5) is 0 Å². The van der Waals surface area contributed by atoms with Crippen molar-refractivity contribution in [1.29, 1.82) is 0 Å². The van der Waals surface area contributed by atoms with Gasteiger partial charge in [-0.2, -0.15) is 0 Å². The maximum absolute atomic E-state index is 12.7. The van der Waals surface area contributed by atoms with Gasteiger partial charge in [-0.15, -0.1) is 0 Å². The summed E-state index contributed by atoms with van der Waals surface area (Å²) >= 11 is 0. The number of carbonyl (C=O) groups excluding carboxylic acids is 1. The number of hydrogen-bond donors (Lipinski definition) is 3. The second-order valence-corrected chi connectivity index (χ2v) is 7.90. The first-order valence-corrected chi connectivity index (χ1v) is 10.8. The Kier molecular flexibility index (Phi) is 7.38. The lowest BCUT2D eigenvalue weighted by Crippen LogP contribution is -2.63. The lowest BCUT2D eigenvalue weighted by molar-refractivity contribution is -0.384. The zero-order chi connectivity index (χ0) is 24.0. The van der Waals surface area contributed by atoms with Gasteiger partial charge in [0.2, 0.25) is 6.10 Å². The van der Waals surface area contributed by atoms with E-state index in [1.807, 2.05) is 12.1 Å². The molecule has 3 aromatic carbocycles. The Labute approximate surface area is 196 Å². The van der Waals surface area contributed by atoms with Gasteiger partial charge in [0, 0.05) is 0 Å². The van der Waals surface area contributed by atoms with Crippen LogP contribution in [-0.2, 0) is 43.6 Å². The van der Waals surface area contributed by atoms with Gasteiger partial charge in [0.05, 0.1) is 19.8 Å². The van der Waals surface area contributed by atoms with Gasteiger partial charge in [0.25, 0.3) is 5.79 Å². The van der Waals surface area contributed by atoms with Crippen molar-refractivity contribution < 1.29 is 39.1 Å². The molecule has 34 heavy (non-hydrogen) atoms. The van der Waals surface area contributed by atoms with E-state index in [0.29, 0.717) is 11.1 Å². The fraction of sp³-hybridized carbons (Fsp3) is 0.269. The molecule has 8 heteroatoms. The second-order valence-electron chi connectivity index (χ2n) is 7.90. The van der Waals surface area contributed by atoms with Crippen molar-refractivity contribution >= 4 is 5.97 Å². The minimum atomic E-state index is -2.92. The lowest BCUT2D eigenvalue weighted by atomic mass is 10.0. The molecule has 0 aliphatic carbocycles. The van der Waals surface area contributed by atoms with E-state index in [0.717, 1.165) is 5.56 Å². The van der Waals surface area contributed by atoms with Crippen LogP contribution < -0.4 is 0 Å². The highest BCUT2D eigenvalue weighted by Gasteiger charge is 2.72. The summed E-state index contributed by atoms with van der Waals surface area (Å²) in [5.41, 5.74) is 2.03. The molecule has 1 fully saturated rings. The highest BCUT2D eigenvalue weighted by atomic mass is 16.8. The number of rotatable bonds is 10. The van der Waals surface area contributed by atoms with E-state index in [4.69, 9.17) is 18.9 Å². The Morgan fingerprint density at radius 3 is 1.68 bits per heavy atom. The van der Waals surface area contributed by atoms with Crippen LogP contribution in [0.25, 0.3) is 0 Å². The summed E-state index contributed by atoms with van der Waals surface area (Å²) in [6.45, 7) is -0.460. The van der Waals surface area contributed by atoms with Crippen molar-refractivity contribution in [2.75, 3.05) is 0 Å². The molecule has 0 bridgehead atoms. The molecule has 8 nitrogen and oxygen atoms in total. The standard InChI is InChI=1S/C26H26O8/c27-23(31-16-19-10-4-1-5-11-19)22-25(29,32-17-20-12-6-2-7-13-20)26(30,24(28)34-22)33-18-21-14-8-3-9-15-21/h1-15,22-23,27,29-30H,16-18H2/t22-,23?,25+,26-/m1/s1. The Bertz CT molecular complexity index is 1060. The third-order valence-electron chi connectivity index (χ3n) is 5.50. The van der Waals surface area contributed by atoms with Gasteiger partial charge in [-0.3, -0.25) is 0 Å². The first kappa shape index (κ1) is 24.0. The molecule has 1 aliphatic rings. The normalized spacial score (nSPS) is 25.1. The number of ether oxygens (including phenoxy) is 4. The summed E-state index contributed by atoms with van der Waals surface area (Å²) in [7, 11) is 0. The van der Waals surface area contributed by atoms with Crippen LogP contribution in [0.2, 0.25) is 0 Å². The molecule has 3 N–H and O–H groups in total. The number of hydrogen-bond acceptors (Lipinski definition) is 8. The van der Waals surface area contributed by atoms with Gasteiger partial charge in [-0.25, -0.2) is 4.79 Å². The predicted molar refractivity (Wildman–Crippen MR) is 119 cm³/mol. The van der Waals surface area contributed by atoms with Gasteiger partial charge in [-0.05, 0) is 16.7 Å². The van der Waals surface area contributed by atoms with E-state index in [9.17, 15) is 20.1 Å². The highest BCUT2D eigenvalue weighted by molar-refractivity contribution is 5.82. The van der Waals surface area contributed by atoms with E-state index < -0.39 is 29.9 Å². The highest BCUT2D eigenvalue weighted by Crippen LogP contribution is 2.41. The lowest BCUT2D eigenvalue weighted by Gasteiger charge is -2.36. The molecular formula is C26H26O8. The van der Waals surface area contributed by atoms with Crippen molar-refractivity contribution in [2.24, 2.45) is 0 Å². The van der Waals surface area contributed by atoms with Crippen molar-refractivity contribution in [3.8, 4) is 0 Å². The molecule has 0 spiro atoms. The van der Waals surface area contributed by atoms with Gasteiger partial charge in [0.15, 0.2) is 6.29 Å². The summed E-state index contributed by atoms with van der Waals surface area (Å²) in [6.07, 6.45) is -3.60. The monoisotopic (exact) mass is 466 g/mol. The van der Waals surface area contributed by atoms with Crippen molar-refractivity contribution in [1.82, 2.24) is 0 Å². The molecule has 4 atom stereocenters. The van der Waals surface area contributed by atoms with E-state index in [2.05, 4.69) is 0 Å². The van der Waals surface area contributed by atoms with Crippen LogP contribution in [0.3, 0.4) is 0 Å². The Hall–Kier alpha value is -3.11. The maximum Gasteiger partial charge on any atom is 0.373 e. The molecule has 0 saturated carbocycles. The van der Waals surface area contributed by atoms with E-state index >= 15 is 0 Å². The van der Waals surface area contributed by atoms with Crippen LogP contribution in [-0.4, -0.2) is 45.3 Å². The van der Waals surface area contributed by atoms with Crippen LogP contribution in [0.1, 0.15) is 16.7 Å². The molecule has 1 aliphatic heterocycles. The number of aliphatic hydroxyl groups excluding tert-OH is 1. The molecule has 0 aromatic heterocycles. The molecule has 3 aromatic rings. The summed E-state index contributed by atoms with van der Waals surface area (Å²) in [5.74, 6) is -6.99. The Morgan fingerprint density at radius 1 is 0.735 bits per heavy atom. The number of esters is 1. The molecule has 1 unspecified atom stereocenters. The minimum Gasteiger partial charge on any atom is -0.447 e. The zero-order valence-corrected chi connectivity index (χ0v) is 18.3. The van der Waals surface area contributed by atoms with Gasteiger partial charge in [0.1, 0.15) is 0 Å². The molecule has 4 rings (SSSR count). The third kappa shape index (κ3) is 5.02. The Balaban J connectivity index is 1.56. The summed E-state index contributed by atoms with van der Waals surface area (Å²) in [4.78, 5) is 12.7. The largest absolute Gasteiger partial charge is 0.447 e. The maximum atomic E-state index is 12.7. The van der Waals surface area contributed by atoms with Crippen molar-refractivity contribution in [3.63, 3.8) is 0 Å². The SMILES string of the molecule is O=C1O[C@H](C(O)OCc2ccccc2)[C@](O)(OCc2ccccc2)[C@]1(O)OCc1ccccc1. The number of cyclic esters (lactones) is 1. The molecule has 0 radical (unpaired) electrons. The van der Waals surface area contributed by atoms with Gasteiger partial charge >= 0.3 is 11.8 Å². The van der Waals surface area contributed by atoms with Crippen LogP contribution in [0.5, 0.6) is 0 Å². The van der Waals surface area contributed by atoms with Gasteiger partial charge < -0.3 is 34.3 Å². The fourth-order valence-electron chi connectivity index (χ4n) is 3.58. The zero-order valence-electron chi connectivity index (χ0n) is 18.3. The fourth-order valence-corrected chi connectivity index (χ4v) is 3.58. The van der Waals surface area contributed by atoms with Crippen LogP contribution in [0, 0.1) is 0 Å². The minimum absolute atomic E-state index is 0.0336. The molecule has 1 heterocycles. The predicted octanol–water partition coefficient (Wildman–Crippen LogP) is 2.26. The first-order chi connectivity index (χ1) is 16.4. The van der Waals surface area contributed by atoms with Crippen molar-refractivity contribution in [3.05, 3.63) is 108 Å². The van der Waals surface area contributed by atoms with Crippen LogP contribution >= 0.6 is 0 Å². The average Bonchev–Trinajstić information content (AvgIpc) is 3.08. The smallest absolute Gasteiger partial charge is 0.373 e. The first-order valence-electron chi connectivity index (χ1n) is 10.8. The molecule has 0 amide bonds. The number of aliphatic hydroxyl groups is 3. The number of carbonyl (C=O) groups is 1. The van der Waals surface area contributed by atoms with Crippen molar-refractivity contribution in [2.45, 2.75) is 43.8 Å². The van der Waals surface area contributed by atoms with Gasteiger partial charge in [-0.1, -0.05) is 91.0 Å². The quantitative estimate of drug-likeness (QED) is 0.308. The third-order valence-corrected chi connectivity index (χ3v) is 5.50. The summed E-state index contributed by atoms with van der Waals surface area (Å²) < 4.78 is 21.7.